The topological polar surface area (TPSA) is 76.5 Å². The predicted octanol–water partition coefficient (Wildman–Crippen LogP) is 2.55. The van der Waals surface area contributed by atoms with E-state index >= 15 is 0 Å². The van der Waals surface area contributed by atoms with Crippen molar-refractivity contribution in [1.82, 2.24) is 10.2 Å². The molecule has 0 radical (unpaired) electrons. The molecule has 1 aromatic carbocycles. The number of benzene rings is 1. The van der Waals surface area contributed by atoms with Crippen molar-refractivity contribution in [2.24, 2.45) is 5.16 Å². The highest BCUT2D eigenvalue weighted by Crippen LogP contribution is 2.42. The van der Waals surface area contributed by atoms with E-state index in [-0.39, 0.29) is 5.91 Å². The number of hydrogen-bond donors (Lipinski definition) is 1. The molecule has 1 aliphatic carbocycles. The first-order chi connectivity index (χ1) is 10.8. The van der Waals surface area contributed by atoms with Gasteiger partial charge in [-0.15, -0.1) is 10.2 Å². The molecule has 1 amide bonds. The van der Waals surface area contributed by atoms with Crippen LogP contribution >= 0.6 is 11.3 Å². The average Bonchev–Trinajstić information content (AvgIpc) is 3.10. The molecule has 1 aromatic heterocycles. The van der Waals surface area contributed by atoms with Crippen molar-refractivity contribution in [3.63, 3.8) is 0 Å². The summed E-state index contributed by atoms with van der Waals surface area (Å²) in [5.74, 6) is 0.312. The standard InChI is InChI=1S/C15H14N4O2S/c20-13(16-15-18-17-14(22-15)10-6-7-10)12-8-11(19-21-12)9-4-2-1-3-5-9/h1-5,10,12H,6-8H2,(H,16,18,20). The highest BCUT2D eigenvalue weighted by molar-refractivity contribution is 7.15. The van der Waals surface area contributed by atoms with Crippen LogP contribution in [0.2, 0.25) is 0 Å². The molecular formula is C15H14N4O2S. The highest BCUT2D eigenvalue weighted by atomic mass is 32.1. The number of anilines is 1. The normalized spacial score (nSPS) is 20.4. The second kappa shape index (κ2) is 5.49. The van der Waals surface area contributed by atoms with E-state index in [1.807, 2.05) is 30.3 Å². The van der Waals surface area contributed by atoms with E-state index in [2.05, 4.69) is 20.7 Å². The number of hydrogen-bond acceptors (Lipinski definition) is 6. The second-order valence-electron chi connectivity index (χ2n) is 5.41. The number of nitrogens with zero attached hydrogens (tertiary/aromatic N) is 3. The van der Waals surface area contributed by atoms with Gasteiger partial charge in [0, 0.05) is 12.3 Å². The van der Waals surface area contributed by atoms with Crippen molar-refractivity contribution in [2.45, 2.75) is 31.3 Å². The summed E-state index contributed by atoms with van der Waals surface area (Å²) in [5, 5.41) is 16.4. The van der Waals surface area contributed by atoms with E-state index in [1.54, 1.807) is 0 Å². The van der Waals surface area contributed by atoms with Crippen molar-refractivity contribution < 1.29 is 9.63 Å². The van der Waals surface area contributed by atoms with Gasteiger partial charge in [-0.2, -0.15) is 0 Å². The van der Waals surface area contributed by atoms with Crippen LogP contribution in [0.5, 0.6) is 0 Å². The van der Waals surface area contributed by atoms with Crippen molar-refractivity contribution in [2.75, 3.05) is 5.32 Å². The lowest BCUT2D eigenvalue weighted by Gasteiger charge is -2.06. The van der Waals surface area contributed by atoms with Gasteiger partial charge in [0.05, 0.1) is 5.71 Å². The van der Waals surface area contributed by atoms with Crippen LogP contribution in [0.1, 0.15) is 35.8 Å². The van der Waals surface area contributed by atoms with Crippen LogP contribution in [-0.2, 0) is 9.63 Å². The molecule has 1 saturated carbocycles. The number of rotatable bonds is 4. The fraction of sp³-hybridized carbons (Fsp3) is 0.333. The number of oxime groups is 1. The van der Waals surface area contributed by atoms with Crippen LogP contribution in [0.4, 0.5) is 5.13 Å². The van der Waals surface area contributed by atoms with E-state index in [1.165, 1.54) is 24.2 Å². The lowest BCUT2D eigenvalue weighted by atomic mass is 10.1. The van der Waals surface area contributed by atoms with E-state index in [4.69, 9.17) is 4.84 Å². The van der Waals surface area contributed by atoms with Crippen LogP contribution in [-0.4, -0.2) is 27.9 Å². The quantitative estimate of drug-likeness (QED) is 0.941. The zero-order valence-corrected chi connectivity index (χ0v) is 12.5. The molecule has 22 heavy (non-hydrogen) atoms. The molecule has 1 aliphatic heterocycles. The first kappa shape index (κ1) is 13.4. The molecule has 2 heterocycles. The minimum Gasteiger partial charge on any atom is -0.382 e. The van der Waals surface area contributed by atoms with E-state index in [0.717, 1.165) is 16.3 Å². The van der Waals surface area contributed by atoms with E-state index < -0.39 is 6.10 Å². The maximum Gasteiger partial charge on any atom is 0.270 e. The molecule has 2 aromatic rings. The third-order valence-corrected chi connectivity index (χ3v) is 4.67. The van der Waals surface area contributed by atoms with Gasteiger partial charge >= 0.3 is 0 Å². The maximum absolute atomic E-state index is 12.2. The predicted molar refractivity (Wildman–Crippen MR) is 83.0 cm³/mol. The summed E-state index contributed by atoms with van der Waals surface area (Å²) in [7, 11) is 0. The summed E-state index contributed by atoms with van der Waals surface area (Å²) in [6.45, 7) is 0. The summed E-state index contributed by atoms with van der Waals surface area (Å²) in [4.78, 5) is 17.5. The molecule has 0 bridgehead atoms. The van der Waals surface area contributed by atoms with Crippen molar-refractivity contribution >= 4 is 28.1 Å². The summed E-state index contributed by atoms with van der Waals surface area (Å²) < 4.78 is 0. The summed E-state index contributed by atoms with van der Waals surface area (Å²) in [6, 6.07) is 9.72. The zero-order valence-electron chi connectivity index (χ0n) is 11.7. The molecule has 112 valence electrons. The SMILES string of the molecule is O=C(Nc1nnc(C2CC2)s1)C1CC(c2ccccc2)=NO1. The van der Waals surface area contributed by atoms with Crippen LogP contribution < -0.4 is 5.32 Å². The minimum atomic E-state index is -0.608. The van der Waals surface area contributed by atoms with Gasteiger partial charge in [0.15, 0.2) is 0 Å². The monoisotopic (exact) mass is 314 g/mol. The number of carbonyl (C=O) groups is 1. The number of aromatic nitrogens is 2. The molecule has 7 heteroatoms. The molecule has 1 unspecified atom stereocenters. The Hall–Kier alpha value is -2.28. The Labute approximate surface area is 131 Å². The molecular weight excluding hydrogens is 300 g/mol. The molecule has 2 aliphatic rings. The summed E-state index contributed by atoms with van der Waals surface area (Å²) >= 11 is 1.44. The molecule has 1 atom stereocenters. The van der Waals surface area contributed by atoms with Gasteiger partial charge in [-0.1, -0.05) is 46.8 Å². The number of amides is 1. The average molecular weight is 314 g/mol. The van der Waals surface area contributed by atoms with Gasteiger partial charge < -0.3 is 4.84 Å². The fourth-order valence-electron chi connectivity index (χ4n) is 2.29. The lowest BCUT2D eigenvalue weighted by Crippen LogP contribution is -2.28. The molecule has 1 N–H and O–H groups in total. The smallest absolute Gasteiger partial charge is 0.270 e. The van der Waals surface area contributed by atoms with E-state index in [0.29, 0.717) is 17.5 Å². The molecule has 1 fully saturated rings. The van der Waals surface area contributed by atoms with Gasteiger partial charge in [0.2, 0.25) is 11.2 Å². The number of carbonyl (C=O) groups excluding carboxylic acids is 1. The largest absolute Gasteiger partial charge is 0.382 e. The Morgan fingerprint density at radius 3 is 2.82 bits per heavy atom. The molecule has 4 rings (SSSR count). The van der Waals surface area contributed by atoms with Crippen LogP contribution in [0, 0.1) is 0 Å². The summed E-state index contributed by atoms with van der Waals surface area (Å²) in [6.07, 6.45) is 2.19. The second-order valence-corrected chi connectivity index (χ2v) is 6.42. The fourth-order valence-corrected chi connectivity index (χ4v) is 3.20. The summed E-state index contributed by atoms with van der Waals surface area (Å²) in [5.41, 5.74) is 1.77. The van der Waals surface area contributed by atoms with E-state index in [9.17, 15) is 4.79 Å². The maximum atomic E-state index is 12.2. The third kappa shape index (κ3) is 2.71. The highest BCUT2D eigenvalue weighted by Gasteiger charge is 2.31. The Morgan fingerprint density at radius 1 is 1.23 bits per heavy atom. The Balaban J connectivity index is 1.37. The lowest BCUT2D eigenvalue weighted by molar-refractivity contribution is -0.125. The molecule has 6 nitrogen and oxygen atoms in total. The van der Waals surface area contributed by atoms with Crippen LogP contribution in [0.15, 0.2) is 35.5 Å². The van der Waals surface area contributed by atoms with Crippen molar-refractivity contribution in [3.05, 3.63) is 40.9 Å². The minimum absolute atomic E-state index is 0.229. The van der Waals surface area contributed by atoms with Crippen molar-refractivity contribution in [1.29, 1.82) is 0 Å². The Morgan fingerprint density at radius 2 is 2.05 bits per heavy atom. The molecule has 0 saturated heterocycles. The van der Waals surface area contributed by atoms with Gasteiger partial charge in [-0.05, 0) is 18.4 Å². The zero-order chi connectivity index (χ0) is 14.9. The van der Waals surface area contributed by atoms with Gasteiger partial charge in [0.1, 0.15) is 5.01 Å². The van der Waals surface area contributed by atoms with Gasteiger partial charge in [-0.25, -0.2) is 0 Å². The molecule has 0 spiro atoms. The third-order valence-electron chi connectivity index (χ3n) is 3.67. The van der Waals surface area contributed by atoms with Gasteiger partial charge in [0.25, 0.3) is 5.91 Å². The Kier molecular flexibility index (Phi) is 3.34. The number of nitrogens with one attached hydrogen (secondary N) is 1. The van der Waals surface area contributed by atoms with Crippen LogP contribution in [0.25, 0.3) is 0 Å². The Bertz CT molecular complexity index is 724. The first-order valence-electron chi connectivity index (χ1n) is 7.22. The van der Waals surface area contributed by atoms with Crippen molar-refractivity contribution in [3.8, 4) is 0 Å². The van der Waals surface area contributed by atoms with Gasteiger partial charge in [-0.3, -0.25) is 10.1 Å². The first-order valence-corrected chi connectivity index (χ1v) is 8.03. The van der Waals surface area contributed by atoms with Crippen LogP contribution in [0.3, 0.4) is 0 Å².